The topological polar surface area (TPSA) is 56.6 Å². The van der Waals surface area contributed by atoms with Gasteiger partial charge < -0.3 is 14.5 Å². The van der Waals surface area contributed by atoms with Gasteiger partial charge in [-0.1, -0.05) is 102 Å². The fourth-order valence-electron chi connectivity index (χ4n) is 5.15. The van der Waals surface area contributed by atoms with Crippen LogP contribution in [-0.2, 0) is 11.3 Å². The highest BCUT2D eigenvalue weighted by molar-refractivity contribution is 5.67. The molecule has 0 spiro atoms. The number of likely N-dealkylation sites (tertiary alicyclic amines) is 1. The molecule has 0 N–H and O–H groups in total. The molecule has 6 nitrogen and oxygen atoms in total. The highest BCUT2D eigenvalue weighted by atomic mass is 16.7. The lowest BCUT2D eigenvalue weighted by molar-refractivity contribution is 0.0682. The van der Waals surface area contributed by atoms with Crippen molar-refractivity contribution in [2.75, 3.05) is 19.7 Å². The van der Waals surface area contributed by atoms with Gasteiger partial charge in [-0.2, -0.15) is 0 Å². The van der Waals surface area contributed by atoms with Gasteiger partial charge in [0, 0.05) is 24.6 Å². The Morgan fingerprint density at radius 1 is 0.923 bits per heavy atom. The normalized spacial score (nSPS) is 14.2. The number of aromatic nitrogens is 2. The minimum absolute atomic E-state index is 0.0865. The number of benzene rings is 3. The van der Waals surface area contributed by atoms with E-state index in [1.165, 1.54) is 11.1 Å². The van der Waals surface area contributed by atoms with Crippen molar-refractivity contribution in [2.24, 2.45) is 0 Å². The Morgan fingerprint density at radius 2 is 1.51 bits per heavy atom. The standard InChI is InChI=1S/C33H35N3O3/c1-2-38-33(37)35-22-20-29(21-23-35)31-24-34-36(39-25-26-12-6-3-7-13-26)32(31)19-18-30(27-14-8-4-9-15-27)28-16-10-5-11-17-28/h3-19,24,29-30H,2,20-23,25H2,1H3/b19-18+. The number of hydrogen-bond donors (Lipinski definition) is 0. The van der Waals surface area contributed by atoms with E-state index >= 15 is 0 Å². The zero-order chi connectivity index (χ0) is 26.9. The van der Waals surface area contributed by atoms with Crippen molar-refractivity contribution in [3.05, 3.63) is 131 Å². The van der Waals surface area contributed by atoms with Gasteiger partial charge in [0.2, 0.25) is 0 Å². The van der Waals surface area contributed by atoms with Crippen molar-refractivity contribution in [1.29, 1.82) is 0 Å². The highest BCUT2D eigenvalue weighted by Crippen LogP contribution is 2.33. The van der Waals surface area contributed by atoms with Crippen LogP contribution >= 0.6 is 0 Å². The largest absolute Gasteiger partial charge is 0.450 e. The zero-order valence-electron chi connectivity index (χ0n) is 22.4. The predicted molar refractivity (Wildman–Crippen MR) is 153 cm³/mol. The monoisotopic (exact) mass is 521 g/mol. The van der Waals surface area contributed by atoms with Crippen molar-refractivity contribution < 1.29 is 14.4 Å². The van der Waals surface area contributed by atoms with Gasteiger partial charge in [0.15, 0.2) is 0 Å². The predicted octanol–water partition coefficient (Wildman–Crippen LogP) is 6.69. The molecule has 1 aromatic heterocycles. The SMILES string of the molecule is CCOC(=O)N1CCC(c2cnn(OCc3ccccc3)c2/C=C/C(c2ccccc2)c2ccccc2)CC1. The number of allylic oxidation sites excluding steroid dienone is 1. The molecule has 1 aliphatic rings. The van der Waals surface area contributed by atoms with Crippen molar-refractivity contribution in [2.45, 2.75) is 38.2 Å². The Bertz CT molecular complexity index is 1310. The molecule has 39 heavy (non-hydrogen) atoms. The van der Waals surface area contributed by atoms with E-state index in [-0.39, 0.29) is 17.9 Å². The van der Waals surface area contributed by atoms with Gasteiger partial charge >= 0.3 is 6.09 Å². The molecule has 5 rings (SSSR count). The van der Waals surface area contributed by atoms with Crippen LogP contribution in [-0.4, -0.2) is 40.6 Å². The van der Waals surface area contributed by atoms with Crippen LogP contribution in [0.2, 0.25) is 0 Å². The molecule has 1 aliphatic heterocycles. The minimum Gasteiger partial charge on any atom is -0.450 e. The molecule has 1 amide bonds. The van der Waals surface area contributed by atoms with Crippen LogP contribution in [0.5, 0.6) is 0 Å². The molecule has 0 bridgehead atoms. The molecule has 200 valence electrons. The van der Waals surface area contributed by atoms with Crippen molar-refractivity contribution >= 4 is 12.2 Å². The van der Waals surface area contributed by atoms with Crippen LogP contribution in [0.4, 0.5) is 4.79 Å². The summed E-state index contributed by atoms with van der Waals surface area (Å²) >= 11 is 0. The first-order valence-electron chi connectivity index (χ1n) is 13.7. The molecule has 0 radical (unpaired) electrons. The maximum atomic E-state index is 12.2. The van der Waals surface area contributed by atoms with E-state index in [9.17, 15) is 4.79 Å². The molecule has 0 aliphatic carbocycles. The van der Waals surface area contributed by atoms with E-state index < -0.39 is 0 Å². The van der Waals surface area contributed by atoms with Crippen LogP contribution in [0, 0.1) is 0 Å². The smallest absolute Gasteiger partial charge is 0.409 e. The highest BCUT2D eigenvalue weighted by Gasteiger charge is 2.28. The maximum absolute atomic E-state index is 12.2. The lowest BCUT2D eigenvalue weighted by atomic mass is 9.88. The fourth-order valence-corrected chi connectivity index (χ4v) is 5.15. The van der Waals surface area contributed by atoms with Crippen molar-refractivity contribution in [1.82, 2.24) is 14.8 Å². The van der Waals surface area contributed by atoms with E-state index in [4.69, 9.17) is 9.57 Å². The molecule has 0 saturated carbocycles. The number of ether oxygens (including phenoxy) is 1. The number of carbonyl (C=O) groups excluding carboxylic acids is 1. The van der Waals surface area contributed by atoms with Crippen LogP contribution in [0.25, 0.3) is 6.08 Å². The summed E-state index contributed by atoms with van der Waals surface area (Å²) < 4.78 is 5.21. The Balaban J connectivity index is 1.44. The summed E-state index contributed by atoms with van der Waals surface area (Å²) in [6.07, 6.45) is 7.79. The third-order valence-electron chi connectivity index (χ3n) is 7.22. The lowest BCUT2D eigenvalue weighted by Gasteiger charge is -2.31. The van der Waals surface area contributed by atoms with Crippen molar-refractivity contribution in [3.8, 4) is 0 Å². The van der Waals surface area contributed by atoms with E-state index in [2.05, 4.69) is 65.8 Å². The quantitative estimate of drug-likeness (QED) is 0.246. The summed E-state index contributed by atoms with van der Waals surface area (Å²) in [6.45, 7) is 3.98. The van der Waals surface area contributed by atoms with Gasteiger partial charge in [-0.3, -0.25) is 0 Å². The molecule has 3 aromatic carbocycles. The minimum atomic E-state index is -0.230. The average molecular weight is 522 g/mol. The number of nitrogens with zero attached hydrogens (tertiary/aromatic N) is 3. The summed E-state index contributed by atoms with van der Waals surface area (Å²) in [4.78, 5) is 21.9. The Kier molecular flexibility index (Phi) is 8.74. The Labute approximate surface area is 230 Å². The Hall–Kier alpha value is -4.32. The number of carbonyl (C=O) groups is 1. The van der Waals surface area contributed by atoms with Crippen LogP contribution in [0.15, 0.2) is 103 Å². The summed E-state index contributed by atoms with van der Waals surface area (Å²) in [7, 11) is 0. The number of amides is 1. The fraction of sp³-hybridized carbons (Fsp3) is 0.273. The first-order chi connectivity index (χ1) is 19.2. The van der Waals surface area contributed by atoms with Crippen LogP contribution in [0.3, 0.4) is 0 Å². The first-order valence-corrected chi connectivity index (χ1v) is 13.7. The molecule has 1 fully saturated rings. The maximum Gasteiger partial charge on any atom is 0.409 e. The van der Waals surface area contributed by atoms with Gasteiger partial charge in [-0.25, -0.2) is 4.79 Å². The number of rotatable bonds is 9. The molecule has 2 heterocycles. The zero-order valence-corrected chi connectivity index (χ0v) is 22.4. The van der Waals surface area contributed by atoms with E-state index in [1.54, 1.807) is 9.75 Å². The van der Waals surface area contributed by atoms with Gasteiger partial charge in [0.05, 0.1) is 12.8 Å². The van der Waals surface area contributed by atoms with Gasteiger partial charge in [0.1, 0.15) is 12.3 Å². The summed E-state index contributed by atoms with van der Waals surface area (Å²) in [5.41, 5.74) is 5.61. The number of hydrogen-bond acceptors (Lipinski definition) is 4. The van der Waals surface area contributed by atoms with E-state index in [0.717, 1.165) is 29.7 Å². The van der Waals surface area contributed by atoms with Gasteiger partial charge in [0.25, 0.3) is 0 Å². The van der Waals surface area contributed by atoms with E-state index in [1.807, 2.05) is 55.6 Å². The second kappa shape index (κ2) is 13.0. The number of piperidine rings is 1. The molecular formula is C33H35N3O3. The van der Waals surface area contributed by atoms with Crippen molar-refractivity contribution in [3.63, 3.8) is 0 Å². The molecular weight excluding hydrogens is 486 g/mol. The van der Waals surface area contributed by atoms with Gasteiger partial charge in [-0.15, -0.1) is 5.10 Å². The van der Waals surface area contributed by atoms with Crippen LogP contribution in [0.1, 0.15) is 59.5 Å². The molecule has 0 atom stereocenters. The van der Waals surface area contributed by atoms with Gasteiger partial charge in [-0.05, 0) is 48.4 Å². The molecule has 0 unspecified atom stereocenters. The second-order valence-electron chi connectivity index (χ2n) is 9.74. The van der Waals surface area contributed by atoms with Crippen LogP contribution < -0.4 is 4.84 Å². The summed E-state index contributed by atoms with van der Waals surface area (Å²) in [5.74, 6) is 0.361. The third kappa shape index (κ3) is 6.58. The first kappa shape index (κ1) is 26.3. The summed E-state index contributed by atoms with van der Waals surface area (Å²) in [5, 5.41) is 4.65. The molecule has 1 saturated heterocycles. The third-order valence-corrected chi connectivity index (χ3v) is 7.22. The molecule has 6 heteroatoms. The Morgan fingerprint density at radius 3 is 2.10 bits per heavy atom. The second-order valence-corrected chi connectivity index (χ2v) is 9.74. The average Bonchev–Trinajstić information content (AvgIpc) is 3.40. The lowest BCUT2D eigenvalue weighted by Crippen LogP contribution is -2.38. The summed E-state index contributed by atoms with van der Waals surface area (Å²) in [6, 6.07) is 31.2. The van der Waals surface area contributed by atoms with E-state index in [0.29, 0.717) is 26.3 Å². The molecule has 4 aromatic rings.